The summed E-state index contributed by atoms with van der Waals surface area (Å²) in [5, 5.41) is 8.95. The second-order valence-electron chi connectivity index (χ2n) is 5.61. The zero-order valence-corrected chi connectivity index (χ0v) is 13.2. The number of aliphatic hydroxyl groups excluding tert-OH is 1. The number of halogens is 1. The molecule has 8 heteroatoms. The van der Waals surface area contributed by atoms with E-state index >= 15 is 0 Å². The van der Waals surface area contributed by atoms with E-state index in [9.17, 15) is 18.8 Å². The summed E-state index contributed by atoms with van der Waals surface area (Å²) in [5.41, 5.74) is -0.606. The quantitative estimate of drug-likeness (QED) is 0.828. The van der Waals surface area contributed by atoms with E-state index in [1.54, 1.807) is 24.3 Å². The number of nitrogens with one attached hydrogen (secondary N) is 1. The Morgan fingerprint density at radius 3 is 2.76 bits per heavy atom. The number of aromatic amines is 1. The molecule has 0 saturated heterocycles. The maximum atomic E-state index is 13.9. The van der Waals surface area contributed by atoms with Gasteiger partial charge in [0.2, 0.25) is 0 Å². The Morgan fingerprint density at radius 2 is 2.04 bits per heavy atom. The summed E-state index contributed by atoms with van der Waals surface area (Å²) in [6.07, 6.45) is 2.87. The number of nitrogens with zero attached hydrogens (tertiary/aromatic N) is 2. The Balaban J connectivity index is 1.84. The highest BCUT2D eigenvalue weighted by atomic mass is 19.1. The minimum Gasteiger partial charge on any atom is -0.395 e. The SMILES string of the molecule is O=C(c1cn(CCO)c(=O)[nH]c1=O)N1CC=C(c2ccccc2F)C1. The van der Waals surface area contributed by atoms with Gasteiger partial charge in [0.1, 0.15) is 11.4 Å². The highest BCUT2D eigenvalue weighted by molar-refractivity contribution is 5.95. The van der Waals surface area contributed by atoms with Crippen molar-refractivity contribution in [3.05, 3.63) is 74.3 Å². The highest BCUT2D eigenvalue weighted by Crippen LogP contribution is 2.24. The Morgan fingerprint density at radius 1 is 1.28 bits per heavy atom. The fourth-order valence-corrected chi connectivity index (χ4v) is 2.73. The van der Waals surface area contributed by atoms with Crippen LogP contribution in [0.3, 0.4) is 0 Å². The van der Waals surface area contributed by atoms with Gasteiger partial charge in [-0.25, -0.2) is 9.18 Å². The van der Waals surface area contributed by atoms with Gasteiger partial charge in [0, 0.05) is 24.8 Å². The summed E-state index contributed by atoms with van der Waals surface area (Å²) in [6.45, 7) is 0.0658. The van der Waals surface area contributed by atoms with Crippen LogP contribution in [0.2, 0.25) is 0 Å². The van der Waals surface area contributed by atoms with Crippen molar-refractivity contribution in [3.8, 4) is 0 Å². The van der Waals surface area contributed by atoms with Crippen molar-refractivity contribution in [2.45, 2.75) is 6.54 Å². The maximum absolute atomic E-state index is 13.9. The van der Waals surface area contributed by atoms with Crippen LogP contribution in [0.1, 0.15) is 15.9 Å². The molecule has 130 valence electrons. The van der Waals surface area contributed by atoms with Crippen LogP contribution >= 0.6 is 0 Å². The van der Waals surface area contributed by atoms with Crippen molar-refractivity contribution >= 4 is 11.5 Å². The molecular formula is C17H16FN3O4. The lowest BCUT2D eigenvalue weighted by Gasteiger charge is -2.17. The van der Waals surface area contributed by atoms with Crippen LogP contribution in [0.5, 0.6) is 0 Å². The molecule has 1 aromatic heterocycles. The summed E-state index contributed by atoms with van der Waals surface area (Å²) in [5.74, 6) is -0.937. The van der Waals surface area contributed by atoms with Gasteiger partial charge in [-0.2, -0.15) is 0 Å². The highest BCUT2D eigenvalue weighted by Gasteiger charge is 2.25. The third-order valence-corrected chi connectivity index (χ3v) is 4.01. The fourth-order valence-electron chi connectivity index (χ4n) is 2.73. The first-order valence-electron chi connectivity index (χ1n) is 7.69. The molecule has 1 aromatic carbocycles. The molecule has 1 aliphatic rings. The molecule has 0 spiro atoms. The van der Waals surface area contributed by atoms with Crippen molar-refractivity contribution in [3.63, 3.8) is 0 Å². The molecule has 1 amide bonds. The number of aromatic nitrogens is 2. The van der Waals surface area contributed by atoms with E-state index in [0.717, 1.165) is 10.8 Å². The van der Waals surface area contributed by atoms with Crippen LogP contribution < -0.4 is 11.2 Å². The van der Waals surface area contributed by atoms with Gasteiger partial charge in [-0.1, -0.05) is 24.3 Å². The van der Waals surface area contributed by atoms with Gasteiger partial charge in [-0.15, -0.1) is 0 Å². The summed E-state index contributed by atoms with van der Waals surface area (Å²) in [4.78, 5) is 39.6. The number of hydrogen-bond acceptors (Lipinski definition) is 4. The maximum Gasteiger partial charge on any atom is 0.328 e. The molecule has 0 aliphatic carbocycles. The number of aliphatic hydroxyl groups is 1. The molecule has 0 unspecified atom stereocenters. The molecule has 25 heavy (non-hydrogen) atoms. The van der Waals surface area contributed by atoms with Crippen LogP contribution in [-0.2, 0) is 6.54 Å². The van der Waals surface area contributed by atoms with Crippen molar-refractivity contribution < 1.29 is 14.3 Å². The Kier molecular flexibility index (Phi) is 4.62. The van der Waals surface area contributed by atoms with Crippen molar-refractivity contribution in [1.29, 1.82) is 0 Å². The zero-order valence-electron chi connectivity index (χ0n) is 13.2. The van der Waals surface area contributed by atoms with Gasteiger partial charge >= 0.3 is 5.69 Å². The lowest BCUT2D eigenvalue weighted by Crippen LogP contribution is -2.38. The predicted molar refractivity (Wildman–Crippen MR) is 88.7 cm³/mol. The summed E-state index contributed by atoms with van der Waals surface area (Å²) in [7, 11) is 0. The van der Waals surface area contributed by atoms with Crippen molar-refractivity contribution in [1.82, 2.24) is 14.5 Å². The van der Waals surface area contributed by atoms with Crippen LogP contribution in [0.4, 0.5) is 4.39 Å². The van der Waals surface area contributed by atoms with Gasteiger partial charge in [0.05, 0.1) is 13.2 Å². The molecule has 0 atom stereocenters. The molecule has 7 nitrogen and oxygen atoms in total. The van der Waals surface area contributed by atoms with Crippen LogP contribution in [0.15, 0.2) is 46.1 Å². The summed E-state index contributed by atoms with van der Waals surface area (Å²) >= 11 is 0. The number of benzene rings is 1. The summed E-state index contributed by atoms with van der Waals surface area (Å²) in [6, 6.07) is 6.26. The lowest BCUT2D eigenvalue weighted by molar-refractivity contribution is 0.0798. The monoisotopic (exact) mass is 345 g/mol. The molecular weight excluding hydrogens is 329 g/mol. The first kappa shape index (κ1) is 16.8. The fraction of sp³-hybridized carbons (Fsp3) is 0.235. The smallest absolute Gasteiger partial charge is 0.328 e. The molecule has 0 saturated carbocycles. The van der Waals surface area contributed by atoms with Gasteiger partial charge < -0.3 is 10.0 Å². The van der Waals surface area contributed by atoms with Gasteiger partial charge in [0.25, 0.3) is 11.5 Å². The number of amides is 1. The van der Waals surface area contributed by atoms with E-state index in [1.165, 1.54) is 11.0 Å². The first-order chi connectivity index (χ1) is 12.0. The molecule has 0 radical (unpaired) electrons. The second-order valence-corrected chi connectivity index (χ2v) is 5.61. The van der Waals surface area contributed by atoms with E-state index in [1.807, 2.05) is 0 Å². The third-order valence-electron chi connectivity index (χ3n) is 4.01. The third kappa shape index (κ3) is 3.29. The number of carbonyl (C=O) groups excluding carboxylic acids is 1. The molecule has 2 heterocycles. The number of hydrogen-bond donors (Lipinski definition) is 2. The largest absolute Gasteiger partial charge is 0.395 e. The van der Waals surface area contributed by atoms with Gasteiger partial charge in [-0.3, -0.25) is 19.1 Å². The zero-order chi connectivity index (χ0) is 18.0. The van der Waals surface area contributed by atoms with Gasteiger partial charge in [0.15, 0.2) is 0 Å². The second kappa shape index (κ2) is 6.86. The standard InChI is InChI=1S/C17H16FN3O4/c18-14-4-2-1-3-12(14)11-5-6-20(9-11)16(24)13-10-21(7-8-22)17(25)19-15(13)23/h1-5,10,22H,6-9H2,(H,19,23,25). The average molecular weight is 345 g/mol. The number of carbonyl (C=O) groups is 1. The van der Waals surface area contributed by atoms with Crippen LogP contribution in [-0.4, -0.2) is 45.2 Å². The number of rotatable bonds is 4. The Bertz CT molecular complexity index is 961. The molecule has 3 rings (SSSR count). The average Bonchev–Trinajstić information content (AvgIpc) is 3.07. The van der Waals surface area contributed by atoms with E-state index in [4.69, 9.17) is 5.11 Å². The van der Waals surface area contributed by atoms with Crippen molar-refractivity contribution in [2.75, 3.05) is 19.7 Å². The van der Waals surface area contributed by atoms with Crippen LogP contribution in [0.25, 0.3) is 5.57 Å². The Hall–Kier alpha value is -3.00. The summed E-state index contributed by atoms with van der Waals surface area (Å²) < 4.78 is 14.9. The number of H-pyrrole nitrogens is 1. The van der Waals surface area contributed by atoms with E-state index in [0.29, 0.717) is 11.1 Å². The Labute approximate surface area is 141 Å². The first-order valence-corrected chi connectivity index (χ1v) is 7.69. The molecule has 0 fully saturated rings. The van der Waals surface area contributed by atoms with Crippen molar-refractivity contribution in [2.24, 2.45) is 0 Å². The van der Waals surface area contributed by atoms with Crippen LogP contribution in [0, 0.1) is 5.82 Å². The molecule has 0 bridgehead atoms. The van der Waals surface area contributed by atoms with Gasteiger partial charge in [-0.05, 0) is 11.6 Å². The topological polar surface area (TPSA) is 95.4 Å². The normalized spacial score (nSPS) is 13.8. The van der Waals surface area contributed by atoms with E-state index in [2.05, 4.69) is 4.98 Å². The molecule has 1 aliphatic heterocycles. The molecule has 2 N–H and O–H groups in total. The molecule has 2 aromatic rings. The lowest BCUT2D eigenvalue weighted by atomic mass is 10.1. The van der Waals surface area contributed by atoms with E-state index in [-0.39, 0.29) is 37.6 Å². The van der Waals surface area contributed by atoms with E-state index < -0.39 is 17.2 Å². The predicted octanol–water partition coefficient (Wildman–Crippen LogP) is 0.207. The minimum absolute atomic E-state index is 0.0331. The minimum atomic E-state index is -0.788.